The van der Waals surface area contributed by atoms with Gasteiger partial charge in [0.15, 0.2) is 0 Å². The number of ether oxygens (including phenoxy) is 1. The van der Waals surface area contributed by atoms with Crippen molar-refractivity contribution in [1.29, 1.82) is 0 Å². The number of nitrogens with zero attached hydrogens (tertiary/aromatic N) is 1. The summed E-state index contributed by atoms with van der Waals surface area (Å²) in [7, 11) is 1.72. The maximum absolute atomic E-state index is 5.30. The molecule has 19 heavy (non-hydrogen) atoms. The first kappa shape index (κ1) is 12.1. The molecule has 2 nitrogen and oxygen atoms in total. The van der Waals surface area contributed by atoms with Crippen molar-refractivity contribution in [1.82, 2.24) is 0 Å². The third kappa shape index (κ3) is 2.30. The lowest BCUT2D eigenvalue weighted by Crippen LogP contribution is -2.28. The zero-order chi connectivity index (χ0) is 13.2. The van der Waals surface area contributed by atoms with Crippen LogP contribution < -0.4 is 9.64 Å². The molecule has 0 radical (unpaired) electrons. The fourth-order valence-corrected chi connectivity index (χ4v) is 2.84. The van der Waals surface area contributed by atoms with E-state index in [-0.39, 0.29) is 0 Å². The number of anilines is 1. The number of fused-ring (bicyclic) bond motifs is 1. The molecular formula is C17H19NO. The standard InChI is InChI=1S/C17H19NO/c1-13-10-15-7-3-4-9-17(15)18(13)12-14-6-5-8-16(11-14)19-2/h3-9,11,13H,10,12H2,1-2H3. The highest BCUT2D eigenvalue weighted by Gasteiger charge is 2.25. The summed E-state index contributed by atoms with van der Waals surface area (Å²) in [6, 6.07) is 17.6. The molecule has 0 aromatic heterocycles. The lowest BCUT2D eigenvalue weighted by molar-refractivity contribution is 0.414. The molecule has 0 saturated heterocycles. The highest BCUT2D eigenvalue weighted by atomic mass is 16.5. The van der Waals surface area contributed by atoms with E-state index in [1.807, 2.05) is 6.07 Å². The molecule has 0 bridgehead atoms. The van der Waals surface area contributed by atoms with E-state index in [9.17, 15) is 0 Å². The molecule has 2 aromatic rings. The number of para-hydroxylation sites is 1. The quantitative estimate of drug-likeness (QED) is 0.828. The Labute approximate surface area is 114 Å². The van der Waals surface area contributed by atoms with Crippen LogP contribution in [0.15, 0.2) is 48.5 Å². The van der Waals surface area contributed by atoms with Gasteiger partial charge in [-0.25, -0.2) is 0 Å². The van der Waals surface area contributed by atoms with Crippen molar-refractivity contribution in [2.45, 2.75) is 25.9 Å². The Hall–Kier alpha value is -1.96. The van der Waals surface area contributed by atoms with Crippen LogP contribution in [0.1, 0.15) is 18.1 Å². The number of benzene rings is 2. The van der Waals surface area contributed by atoms with Crippen molar-refractivity contribution in [3.63, 3.8) is 0 Å². The average molecular weight is 253 g/mol. The number of rotatable bonds is 3. The predicted molar refractivity (Wildman–Crippen MR) is 78.8 cm³/mol. The van der Waals surface area contributed by atoms with Gasteiger partial charge >= 0.3 is 0 Å². The average Bonchev–Trinajstić information content (AvgIpc) is 2.76. The van der Waals surface area contributed by atoms with Gasteiger partial charge < -0.3 is 9.64 Å². The Kier molecular flexibility index (Phi) is 3.16. The van der Waals surface area contributed by atoms with Crippen molar-refractivity contribution >= 4 is 5.69 Å². The predicted octanol–water partition coefficient (Wildman–Crippen LogP) is 3.65. The molecule has 1 heterocycles. The molecule has 1 aliphatic heterocycles. The molecule has 0 fully saturated rings. The highest BCUT2D eigenvalue weighted by Crippen LogP contribution is 2.33. The lowest BCUT2D eigenvalue weighted by atomic mass is 10.1. The Balaban J connectivity index is 1.87. The first-order valence-electron chi connectivity index (χ1n) is 6.75. The second-order valence-corrected chi connectivity index (χ2v) is 5.16. The fraction of sp³-hybridized carbons (Fsp3) is 0.294. The normalized spacial score (nSPS) is 17.4. The Morgan fingerprint density at radius 1 is 1.16 bits per heavy atom. The van der Waals surface area contributed by atoms with E-state index in [1.54, 1.807) is 7.11 Å². The molecule has 0 amide bonds. The fourth-order valence-electron chi connectivity index (χ4n) is 2.84. The summed E-state index contributed by atoms with van der Waals surface area (Å²) in [4.78, 5) is 2.48. The molecule has 2 heteroatoms. The summed E-state index contributed by atoms with van der Waals surface area (Å²) in [5, 5.41) is 0. The molecule has 2 aromatic carbocycles. The van der Waals surface area contributed by atoms with Crippen LogP contribution in [0.25, 0.3) is 0 Å². The van der Waals surface area contributed by atoms with E-state index < -0.39 is 0 Å². The number of methoxy groups -OCH3 is 1. The van der Waals surface area contributed by atoms with E-state index in [1.165, 1.54) is 16.8 Å². The maximum atomic E-state index is 5.30. The van der Waals surface area contributed by atoms with E-state index in [2.05, 4.69) is 54.3 Å². The van der Waals surface area contributed by atoms with Gasteiger partial charge in [-0.1, -0.05) is 30.3 Å². The van der Waals surface area contributed by atoms with Gasteiger partial charge in [0.05, 0.1) is 7.11 Å². The molecule has 1 aliphatic rings. The van der Waals surface area contributed by atoms with Crippen LogP contribution in [0.3, 0.4) is 0 Å². The Morgan fingerprint density at radius 2 is 2.00 bits per heavy atom. The van der Waals surface area contributed by atoms with Gasteiger partial charge in [0.25, 0.3) is 0 Å². The van der Waals surface area contributed by atoms with Gasteiger partial charge in [-0.3, -0.25) is 0 Å². The second kappa shape index (κ2) is 4.96. The molecule has 0 N–H and O–H groups in total. The van der Waals surface area contributed by atoms with Crippen LogP contribution >= 0.6 is 0 Å². The molecule has 0 spiro atoms. The maximum Gasteiger partial charge on any atom is 0.119 e. The third-order valence-corrected chi connectivity index (χ3v) is 3.84. The lowest BCUT2D eigenvalue weighted by Gasteiger charge is -2.25. The van der Waals surface area contributed by atoms with Crippen molar-refractivity contribution in [2.24, 2.45) is 0 Å². The topological polar surface area (TPSA) is 12.5 Å². The van der Waals surface area contributed by atoms with Crippen LogP contribution in [0, 0.1) is 0 Å². The van der Waals surface area contributed by atoms with E-state index in [0.29, 0.717) is 6.04 Å². The molecule has 0 aliphatic carbocycles. The summed E-state index contributed by atoms with van der Waals surface area (Å²) < 4.78 is 5.30. The minimum absolute atomic E-state index is 0.559. The molecule has 98 valence electrons. The minimum atomic E-state index is 0.559. The smallest absolute Gasteiger partial charge is 0.119 e. The third-order valence-electron chi connectivity index (χ3n) is 3.84. The van der Waals surface area contributed by atoms with Gasteiger partial charge in [0.2, 0.25) is 0 Å². The van der Waals surface area contributed by atoms with Crippen LogP contribution in [0.4, 0.5) is 5.69 Å². The van der Waals surface area contributed by atoms with Crippen molar-refractivity contribution in [3.05, 3.63) is 59.7 Å². The molecule has 0 saturated carbocycles. The second-order valence-electron chi connectivity index (χ2n) is 5.16. The SMILES string of the molecule is COc1cccc(CN2c3ccccc3CC2C)c1. The van der Waals surface area contributed by atoms with E-state index in [0.717, 1.165) is 18.7 Å². The monoisotopic (exact) mass is 253 g/mol. The van der Waals surface area contributed by atoms with Gasteiger partial charge in [-0.2, -0.15) is 0 Å². The van der Waals surface area contributed by atoms with Gasteiger partial charge in [-0.05, 0) is 42.7 Å². The molecule has 3 rings (SSSR count). The zero-order valence-electron chi connectivity index (χ0n) is 11.5. The summed E-state index contributed by atoms with van der Waals surface area (Å²) in [5.74, 6) is 0.928. The van der Waals surface area contributed by atoms with Gasteiger partial charge in [0.1, 0.15) is 5.75 Å². The summed E-state index contributed by atoms with van der Waals surface area (Å²) in [5.41, 5.74) is 4.12. The first-order valence-corrected chi connectivity index (χ1v) is 6.75. The Bertz CT molecular complexity index is 579. The highest BCUT2D eigenvalue weighted by molar-refractivity contribution is 5.59. The largest absolute Gasteiger partial charge is 0.497 e. The van der Waals surface area contributed by atoms with Gasteiger partial charge in [0, 0.05) is 18.3 Å². The number of hydrogen-bond donors (Lipinski definition) is 0. The molecule has 1 atom stereocenters. The molecular weight excluding hydrogens is 234 g/mol. The first-order chi connectivity index (χ1) is 9.28. The summed E-state index contributed by atoms with van der Waals surface area (Å²) in [6.45, 7) is 3.23. The minimum Gasteiger partial charge on any atom is -0.497 e. The van der Waals surface area contributed by atoms with Crippen LogP contribution in [0.5, 0.6) is 5.75 Å². The van der Waals surface area contributed by atoms with Crippen LogP contribution in [-0.4, -0.2) is 13.2 Å². The van der Waals surface area contributed by atoms with E-state index in [4.69, 9.17) is 4.74 Å². The van der Waals surface area contributed by atoms with Crippen molar-refractivity contribution in [2.75, 3.05) is 12.0 Å². The van der Waals surface area contributed by atoms with Crippen molar-refractivity contribution in [3.8, 4) is 5.75 Å². The Morgan fingerprint density at radius 3 is 2.84 bits per heavy atom. The van der Waals surface area contributed by atoms with E-state index >= 15 is 0 Å². The van der Waals surface area contributed by atoms with Crippen LogP contribution in [-0.2, 0) is 13.0 Å². The number of hydrogen-bond acceptors (Lipinski definition) is 2. The van der Waals surface area contributed by atoms with Crippen molar-refractivity contribution < 1.29 is 4.74 Å². The molecule has 1 unspecified atom stereocenters. The van der Waals surface area contributed by atoms with Gasteiger partial charge in [-0.15, -0.1) is 0 Å². The summed E-state index contributed by atoms with van der Waals surface area (Å²) in [6.07, 6.45) is 1.14. The van der Waals surface area contributed by atoms with Crippen LogP contribution in [0.2, 0.25) is 0 Å². The zero-order valence-corrected chi connectivity index (χ0v) is 11.5. The summed E-state index contributed by atoms with van der Waals surface area (Å²) >= 11 is 0.